The van der Waals surface area contributed by atoms with Gasteiger partial charge in [-0.3, -0.25) is 14.3 Å². The maximum Gasteiger partial charge on any atom is 0.416 e. The topological polar surface area (TPSA) is 108 Å². The van der Waals surface area contributed by atoms with E-state index in [9.17, 15) is 35.6 Å². The molecule has 0 aromatic heterocycles. The number of likely N-dealkylation sites (tertiary alicyclic amines) is 1. The van der Waals surface area contributed by atoms with E-state index in [1.54, 1.807) is 4.90 Å². The third-order valence-electron chi connectivity index (χ3n) is 6.43. The maximum atomic E-state index is 13.4. The molecule has 1 heterocycles. The molecule has 2 amide bonds. The van der Waals surface area contributed by atoms with E-state index < -0.39 is 33.5 Å². The minimum absolute atomic E-state index is 0.0130. The van der Waals surface area contributed by atoms with Crippen LogP contribution in [0.3, 0.4) is 0 Å². The zero-order chi connectivity index (χ0) is 29.6. The summed E-state index contributed by atoms with van der Waals surface area (Å²) in [6.45, 7) is 1.52. The van der Waals surface area contributed by atoms with Crippen molar-refractivity contribution in [2.45, 2.75) is 36.9 Å². The van der Waals surface area contributed by atoms with Crippen LogP contribution in [0.2, 0.25) is 0 Å². The molecule has 0 unspecified atom stereocenters. The number of anilines is 2. The van der Waals surface area contributed by atoms with Crippen LogP contribution in [0, 0.1) is 5.82 Å². The van der Waals surface area contributed by atoms with Crippen LogP contribution in [0.4, 0.5) is 28.9 Å². The first-order valence-electron chi connectivity index (χ1n) is 12.8. The summed E-state index contributed by atoms with van der Waals surface area (Å²) in [5.74, 6) is -0.925. The van der Waals surface area contributed by atoms with Crippen molar-refractivity contribution in [3.63, 3.8) is 0 Å². The van der Waals surface area contributed by atoms with Crippen molar-refractivity contribution in [3.05, 3.63) is 89.2 Å². The zero-order valence-electron chi connectivity index (χ0n) is 21.8. The number of benzene rings is 3. The molecule has 0 atom stereocenters. The molecule has 4 rings (SSSR count). The molecule has 0 saturated carbocycles. The van der Waals surface area contributed by atoms with Crippen molar-refractivity contribution in [2.75, 3.05) is 29.7 Å². The monoisotopic (exact) mass is 592 g/mol. The fraction of sp³-hybridized carbons (Fsp3) is 0.286. The first-order chi connectivity index (χ1) is 19.4. The summed E-state index contributed by atoms with van der Waals surface area (Å²) < 4.78 is 81.8. The molecule has 0 radical (unpaired) electrons. The van der Waals surface area contributed by atoms with Crippen LogP contribution in [0.1, 0.15) is 40.7 Å². The fourth-order valence-electron chi connectivity index (χ4n) is 4.31. The van der Waals surface area contributed by atoms with E-state index in [2.05, 4.69) is 15.4 Å². The lowest BCUT2D eigenvalue weighted by Gasteiger charge is -2.17. The predicted molar refractivity (Wildman–Crippen MR) is 145 cm³/mol. The second-order valence-electron chi connectivity index (χ2n) is 9.47. The average Bonchev–Trinajstić information content (AvgIpc) is 3.34. The van der Waals surface area contributed by atoms with E-state index in [-0.39, 0.29) is 40.8 Å². The highest BCUT2D eigenvalue weighted by Crippen LogP contribution is 2.32. The molecule has 1 fully saturated rings. The van der Waals surface area contributed by atoms with Gasteiger partial charge in [-0.05, 0) is 66.9 Å². The molecule has 8 nitrogen and oxygen atoms in total. The zero-order valence-corrected chi connectivity index (χ0v) is 22.6. The lowest BCUT2D eigenvalue weighted by atomic mass is 10.1. The fourth-order valence-corrected chi connectivity index (χ4v) is 5.57. The summed E-state index contributed by atoms with van der Waals surface area (Å²) >= 11 is 0. The predicted octanol–water partition coefficient (Wildman–Crippen LogP) is 5.00. The molecular weight excluding hydrogens is 564 g/mol. The number of carbonyl (C=O) groups excluding carboxylic acids is 2. The van der Waals surface area contributed by atoms with Crippen molar-refractivity contribution in [2.24, 2.45) is 0 Å². The van der Waals surface area contributed by atoms with E-state index in [0.717, 1.165) is 24.6 Å². The quantitative estimate of drug-likeness (QED) is 0.215. The van der Waals surface area contributed by atoms with Crippen LogP contribution >= 0.6 is 0 Å². The second-order valence-corrected chi connectivity index (χ2v) is 11.1. The smallest absolute Gasteiger partial charge is 0.380 e. The standard InChI is InChI=1S/C28H28F4N4O4S/c29-22-10-7-19(8-11-22)18-34-24-12-9-20(27(38)33-13-3-15-36-14-2-6-26(36)37)16-25(24)41(39,40)35-23-5-1-4-21(17-23)28(30,31)32/h1,4-5,7-12,16-17,34-35H,2-3,6,13-15,18H2,(H,33,38). The lowest BCUT2D eigenvalue weighted by molar-refractivity contribution is -0.137. The number of alkyl halides is 3. The highest BCUT2D eigenvalue weighted by Gasteiger charge is 2.31. The molecule has 1 saturated heterocycles. The molecule has 0 aliphatic carbocycles. The summed E-state index contributed by atoms with van der Waals surface area (Å²) in [4.78, 5) is 25.9. The Kier molecular flexibility index (Phi) is 9.16. The molecular formula is C28H28F4N4O4S. The Morgan fingerprint density at radius 1 is 1.00 bits per heavy atom. The Morgan fingerprint density at radius 2 is 1.76 bits per heavy atom. The normalized spacial score (nSPS) is 13.8. The highest BCUT2D eigenvalue weighted by atomic mass is 32.2. The van der Waals surface area contributed by atoms with Crippen LogP contribution in [0.5, 0.6) is 0 Å². The van der Waals surface area contributed by atoms with E-state index in [1.807, 2.05) is 0 Å². The van der Waals surface area contributed by atoms with Gasteiger partial charge in [0.1, 0.15) is 10.7 Å². The van der Waals surface area contributed by atoms with Gasteiger partial charge in [0, 0.05) is 43.9 Å². The number of sulfonamides is 1. The van der Waals surface area contributed by atoms with E-state index in [4.69, 9.17) is 0 Å². The first-order valence-corrected chi connectivity index (χ1v) is 14.3. The Morgan fingerprint density at radius 3 is 2.44 bits per heavy atom. The largest absolute Gasteiger partial charge is 0.416 e. The summed E-state index contributed by atoms with van der Waals surface area (Å²) in [6, 6.07) is 13.2. The molecule has 3 aromatic rings. The number of carbonyl (C=O) groups is 2. The van der Waals surface area contributed by atoms with Gasteiger partial charge in [0.05, 0.1) is 11.3 Å². The summed E-state index contributed by atoms with van der Waals surface area (Å²) in [6.07, 6.45) is -2.85. The Balaban J connectivity index is 1.54. The number of amides is 2. The Labute approximate surface area is 234 Å². The number of hydrogen-bond acceptors (Lipinski definition) is 5. The van der Waals surface area contributed by atoms with Crippen molar-refractivity contribution in [3.8, 4) is 0 Å². The third kappa shape index (κ3) is 7.97. The van der Waals surface area contributed by atoms with Gasteiger partial charge in [0.25, 0.3) is 15.9 Å². The minimum Gasteiger partial charge on any atom is -0.380 e. The van der Waals surface area contributed by atoms with Gasteiger partial charge in [-0.2, -0.15) is 13.2 Å². The van der Waals surface area contributed by atoms with Crippen molar-refractivity contribution in [1.29, 1.82) is 0 Å². The van der Waals surface area contributed by atoms with Crippen molar-refractivity contribution >= 4 is 33.2 Å². The Bertz CT molecular complexity index is 1510. The van der Waals surface area contributed by atoms with E-state index >= 15 is 0 Å². The molecule has 0 bridgehead atoms. The molecule has 218 valence electrons. The lowest BCUT2D eigenvalue weighted by Crippen LogP contribution is -2.30. The van der Waals surface area contributed by atoms with Gasteiger partial charge in [-0.15, -0.1) is 0 Å². The van der Waals surface area contributed by atoms with Gasteiger partial charge in [0.15, 0.2) is 0 Å². The average molecular weight is 593 g/mol. The minimum atomic E-state index is -4.68. The Hall–Kier alpha value is -4.13. The molecule has 13 heteroatoms. The van der Waals surface area contributed by atoms with Crippen LogP contribution in [-0.2, 0) is 27.5 Å². The number of hydrogen-bond donors (Lipinski definition) is 3. The van der Waals surface area contributed by atoms with Crippen molar-refractivity contribution in [1.82, 2.24) is 10.2 Å². The molecule has 1 aliphatic rings. The van der Waals surface area contributed by atoms with Gasteiger partial charge in [0.2, 0.25) is 5.91 Å². The summed E-state index contributed by atoms with van der Waals surface area (Å²) in [5, 5.41) is 5.64. The SMILES string of the molecule is O=C(NCCCN1CCCC1=O)c1ccc(NCc2ccc(F)cc2)c(S(=O)(=O)Nc2cccc(C(F)(F)F)c2)c1. The number of nitrogens with zero attached hydrogens (tertiary/aromatic N) is 1. The first kappa shape index (κ1) is 29.8. The molecule has 1 aliphatic heterocycles. The van der Waals surface area contributed by atoms with Gasteiger partial charge >= 0.3 is 6.18 Å². The van der Waals surface area contributed by atoms with Gasteiger partial charge < -0.3 is 15.5 Å². The summed E-state index contributed by atoms with van der Waals surface area (Å²) in [7, 11) is -4.48. The van der Waals surface area contributed by atoms with Crippen molar-refractivity contribution < 1.29 is 35.6 Å². The van der Waals surface area contributed by atoms with E-state index in [1.165, 1.54) is 42.5 Å². The van der Waals surface area contributed by atoms with Crippen LogP contribution < -0.4 is 15.4 Å². The highest BCUT2D eigenvalue weighted by molar-refractivity contribution is 7.92. The summed E-state index contributed by atoms with van der Waals surface area (Å²) in [5.41, 5.74) is -0.609. The van der Waals surface area contributed by atoms with Gasteiger partial charge in [-0.25, -0.2) is 12.8 Å². The third-order valence-corrected chi connectivity index (χ3v) is 7.85. The van der Waals surface area contributed by atoms with Crippen LogP contribution in [0.15, 0.2) is 71.6 Å². The molecule has 3 aromatic carbocycles. The van der Waals surface area contributed by atoms with Crippen LogP contribution in [-0.4, -0.2) is 44.8 Å². The second kappa shape index (κ2) is 12.6. The molecule has 0 spiro atoms. The van der Waals surface area contributed by atoms with Gasteiger partial charge in [-0.1, -0.05) is 18.2 Å². The molecule has 41 heavy (non-hydrogen) atoms. The van der Waals surface area contributed by atoms with E-state index in [0.29, 0.717) is 37.6 Å². The van der Waals surface area contributed by atoms with Crippen LogP contribution in [0.25, 0.3) is 0 Å². The number of nitrogens with one attached hydrogen (secondary N) is 3. The number of rotatable bonds is 11. The molecule has 3 N–H and O–H groups in total. The maximum absolute atomic E-state index is 13.4. The number of halogens is 4.